The normalized spacial score (nSPS) is 13.2. The van der Waals surface area contributed by atoms with Crippen molar-refractivity contribution >= 4 is 11.3 Å². The number of hydrogen-bond acceptors (Lipinski definition) is 4. The molecule has 0 saturated carbocycles. The van der Waals surface area contributed by atoms with Gasteiger partial charge < -0.3 is 10.1 Å². The number of thiazole rings is 1. The van der Waals surface area contributed by atoms with Gasteiger partial charge in [0.05, 0.1) is 6.04 Å². The van der Waals surface area contributed by atoms with Gasteiger partial charge in [-0.2, -0.15) is 0 Å². The Balaban J connectivity index is 2.03. The molecular weight excluding hydrogens is 301 g/mol. The van der Waals surface area contributed by atoms with Crippen molar-refractivity contribution in [3.63, 3.8) is 0 Å². The van der Waals surface area contributed by atoms with Crippen molar-refractivity contribution in [1.82, 2.24) is 10.3 Å². The molecule has 3 nitrogen and oxygen atoms in total. The van der Waals surface area contributed by atoms with Gasteiger partial charge in [-0.25, -0.2) is 4.98 Å². The summed E-state index contributed by atoms with van der Waals surface area (Å²) in [7, 11) is 0. The molecule has 1 unspecified atom stereocenters. The van der Waals surface area contributed by atoms with E-state index in [1.54, 1.807) is 12.1 Å². The first-order valence-corrected chi connectivity index (χ1v) is 7.22. The monoisotopic (exact) mass is 316 g/mol. The van der Waals surface area contributed by atoms with Gasteiger partial charge >= 0.3 is 6.36 Å². The summed E-state index contributed by atoms with van der Waals surface area (Å²) < 4.78 is 41.0. The molecular formula is C14H15F3N2OS. The van der Waals surface area contributed by atoms with Gasteiger partial charge in [-0.3, -0.25) is 0 Å². The Morgan fingerprint density at radius 3 is 2.67 bits per heavy atom. The van der Waals surface area contributed by atoms with E-state index < -0.39 is 6.36 Å². The summed E-state index contributed by atoms with van der Waals surface area (Å²) in [5.74, 6) is -0.181. The maximum absolute atomic E-state index is 12.3. The highest BCUT2D eigenvalue weighted by atomic mass is 32.1. The van der Waals surface area contributed by atoms with Crippen molar-refractivity contribution in [3.05, 3.63) is 45.9 Å². The summed E-state index contributed by atoms with van der Waals surface area (Å²) in [5, 5.41) is 6.00. The molecule has 0 aliphatic rings. The SMILES string of the molecule is Cc1csc(C(C)NCc2ccccc2OC(F)(F)F)n1. The molecule has 1 aromatic carbocycles. The van der Waals surface area contributed by atoms with E-state index in [4.69, 9.17) is 0 Å². The summed E-state index contributed by atoms with van der Waals surface area (Å²) in [6, 6.07) is 6.07. The van der Waals surface area contributed by atoms with E-state index in [0.29, 0.717) is 5.56 Å². The average molecular weight is 316 g/mol. The van der Waals surface area contributed by atoms with E-state index in [1.165, 1.54) is 23.5 Å². The molecule has 2 rings (SSSR count). The number of aromatic nitrogens is 1. The molecule has 0 fully saturated rings. The molecule has 0 spiro atoms. The Morgan fingerprint density at radius 1 is 1.33 bits per heavy atom. The van der Waals surface area contributed by atoms with Crippen LogP contribution in [0.15, 0.2) is 29.6 Å². The molecule has 0 aliphatic carbocycles. The molecule has 0 saturated heterocycles. The Labute approximate surface area is 124 Å². The van der Waals surface area contributed by atoms with E-state index in [-0.39, 0.29) is 18.3 Å². The fourth-order valence-electron chi connectivity index (χ4n) is 1.80. The van der Waals surface area contributed by atoms with Crippen LogP contribution in [0.3, 0.4) is 0 Å². The average Bonchev–Trinajstić information content (AvgIpc) is 2.82. The molecule has 0 bridgehead atoms. The van der Waals surface area contributed by atoms with E-state index >= 15 is 0 Å². The van der Waals surface area contributed by atoms with Crippen LogP contribution in [0.25, 0.3) is 0 Å². The number of nitrogens with zero attached hydrogens (tertiary/aromatic N) is 1. The van der Waals surface area contributed by atoms with Crippen molar-refractivity contribution in [2.45, 2.75) is 32.8 Å². The van der Waals surface area contributed by atoms with E-state index in [0.717, 1.165) is 10.7 Å². The lowest BCUT2D eigenvalue weighted by Gasteiger charge is -2.15. The number of ether oxygens (including phenoxy) is 1. The topological polar surface area (TPSA) is 34.1 Å². The lowest BCUT2D eigenvalue weighted by molar-refractivity contribution is -0.274. The molecule has 21 heavy (non-hydrogen) atoms. The highest BCUT2D eigenvalue weighted by Crippen LogP contribution is 2.27. The van der Waals surface area contributed by atoms with Gasteiger partial charge in [0.1, 0.15) is 10.8 Å². The molecule has 1 aromatic heterocycles. The van der Waals surface area contributed by atoms with Crippen LogP contribution in [0.2, 0.25) is 0 Å². The first kappa shape index (κ1) is 15.8. The summed E-state index contributed by atoms with van der Waals surface area (Å²) >= 11 is 1.52. The minimum Gasteiger partial charge on any atom is -0.405 e. The first-order valence-electron chi connectivity index (χ1n) is 6.34. The second kappa shape index (κ2) is 6.44. The Hall–Kier alpha value is -1.60. The van der Waals surface area contributed by atoms with E-state index in [1.807, 2.05) is 19.2 Å². The molecule has 1 heterocycles. The number of aryl methyl sites for hydroxylation is 1. The van der Waals surface area contributed by atoms with Gasteiger partial charge in [-0.1, -0.05) is 18.2 Å². The minimum absolute atomic E-state index is 0.0392. The van der Waals surface area contributed by atoms with Gasteiger partial charge in [0.25, 0.3) is 0 Å². The molecule has 0 amide bonds. The number of hydrogen-bond donors (Lipinski definition) is 1. The van der Waals surface area contributed by atoms with Gasteiger partial charge in [0.15, 0.2) is 0 Å². The summed E-state index contributed by atoms with van der Waals surface area (Å²) in [4.78, 5) is 4.35. The van der Waals surface area contributed by atoms with E-state index in [2.05, 4.69) is 15.0 Å². The molecule has 114 valence electrons. The number of benzene rings is 1. The lowest BCUT2D eigenvalue weighted by Crippen LogP contribution is -2.21. The van der Waals surface area contributed by atoms with Crippen molar-refractivity contribution in [3.8, 4) is 5.75 Å². The maximum atomic E-state index is 12.3. The van der Waals surface area contributed by atoms with Gasteiger partial charge in [-0.15, -0.1) is 24.5 Å². The van der Waals surface area contributed by atoms with Crippen LogP contribution in [0, 0.1) is 6.92 Å². The fraction of sp³-hybridized carbons (Fsp3) is 0.357. The van der Waals surface area contributed by atoms with Crippen LogP contribution < -0.4 is 10.1 Å². The van der Waals surface area contributed by atoms with E-state index in [9.17, 15) is 13.2 Å². The zero-order valence-electron chi connectivity index (χ0n) is 11.6. The quantitative estimate of drug-likeness (QED) is 0.897. The van der Waals surface area contributed by atoms with Crippen molar-refractivity contribution in [2.75, 3.05) is 0 Å². The second-order valence-electron chi connectivity index (χ2n) is 4.59. The molecule has 1 atom stereocenters. The zero-order valence-corrected chi connectivity index (χ0v) is 12.4. The smallest absolute Gasteiger partial charge is 0.405 e. The van der Waals surface area contributed by atoms with Crippen LogP contribution >= 0.6 is 11.3 Å². The van der Waals surface area contributed by atoms with Gasteiger partial charge in [0.2, 0.25) is 0 Å². The third kappa shape index (κ3) is 4.71. The Morgan fingerprint density at radius 2 is 2.05 bits per heavy atom. The number of para-hydroxylation sites is 1. The van der Waals surface area contributed by atoms with Crippen LogP contribution in [0.4, 0.5) is 13.2 Å². The number of alkyl halides is 3. The standard InChI is InChI=1S/C14H15F3N2OS/c1-9-8-21-13(19-9)10(2)18-7-11-5-3-4-6-12(11)20-14(15,16)17/h3-6,8,10,18H,7H2,1-2H3. The molecule has 0 radical (unpaired) electrons. The van der Waals surface area contributed by atoms with Crippen LogP contribution in [0.1, 0.15) is 29.2 Å². The van der Waals surface area contributed by atoms with Crippen LogP contribution in [0.5, 0.6) is 5.75 Å². The first-order chi connectivity index (χ1) is 9.85. The van der Waals surface area contributed by atoms with Gasteiger partial charge in [-0.05, 0) is 19.9 Å². The number of rotatable bonds is 5. The molecule has 0 aliphatic heterocycles. The van der Waals surface area contributed by atoms with Crippen LogP contribution in [-0.2, 0) is 6.54 Å². The predicted molar refractivity (Wildman–Crippen MR) is 75.2 cm³/mol. The summed E-state index contributed by atoms with van der Waals surface area (Å²) in [6.45, 7) is 4.09. The third-order valence-electron chi connectivity index (χ3n) is 2.80. The minimum atomic E-state index is -4.69. The maximum Gasteiger partial charge on any atom is 0.573 e. The zero-order chi connectivity index (χ0) is 15.5. The largest absolute Gasteiger partial charge is 0.573 e. The summed E-state index contributed by atoms with van der Waals surface area (Å²) in [6.07, 6.45) is -4.69. The Kier molecular flexibility index (Phi) is 4.84. The van der Waals surface area contributed by atoms with Crippen molar-refractivity contribution in [2.24, 2.45) is 0 Å². The highest BCUT2D eigenvalue weighted by Gasteiger charge is 2.31. The van der Waals surface area contributed by atoms with Gasteiger partial charge in [0, 0.05) is 23.2 Å². The molecule has 1 N–H and O–H groups in total. The molecule has 7 heteroatoms. The fourth-order valence-corrected chi connectivity index (χ4v) is 2.62. The van der Waals surface area contributed by atoms with Crippen LogP contribution in [-0.4, -0.2) is 11.3 Å². The third-order valence-corrected chi connectivity index (χ3v) is 3.95. The highest BCUT2D eigenvalue weighted by molar-refractivity contribution is 7.09. The summed E-state index contributed by atoms with van der Waals surface area (Å²) in [5.41, 5.74) is 1.39. The Bertz CT molecular complexity index is 598. The van der Waals surface area contributed by atoms with Crippen molar-refractivity contribution < 1.29 is 17.9 Å². The lowest BCUT2D eigenvalue weighted by atomic mass is 10.2. The second-order valence-corrected chi connectivity index (χ2v) is 5.47. The molecule has 2 aromatic rings. The number of nitrogens with one attached hydrogen (secondary N) is 1. The number of halogens is 3. The predicted octanol–water partition coefficient (Wildman–Crippen LogP) is 4.20. The van der Waals surface area contributed by atoms with Crippen molar-refractivity contribution in [1.29, 1.82) is 0 Å².